The third-order valence-corrected chi connectivity index (χ3v) is 4.84. The number of piperidine rings is 1. The molecule has 1 aliphatic heterocycles. The van der Waals surface area contributed by atoms with Crippen LogP contribution in [0.4, 0.5) is 4.79 Å². The van der Waals surface area contributed by atoms with Crippen molar-refractivity contribution in [1.82, 2.24) is 30.0 Å². The fourth-order valence-corrected chi connectivity index (χ4v) is 3.36. The Bertz CT molecular complexity index is 701. The van der Waals surface area contributed by atoms with Crippen LogP contribution in [0.25, 0.3) is 11.6 Å². The summed E-state index contributed by atoms with van der Waals surface area (Å²) in [6, 6.07) is 0.155. The van der Waals surface area contributed by atoms with Gasteiger partial charge in [0.2, 0.25) is 5.89 Å². The molecule has 26 heavy (non-hydrogen) atoms. The zero-order valence-corrected chi connectivity index (χ0v) is 15.5. The third kappa shape index (κ3) is 4.36. The Kier molecular flexibility index (Phi) is 6.14. The van der Waals surface area contributed by atoms with Gasteiger partial charge in [0.25, 0.3) is 5.89 Å². The zero-order valence-electron chi connectivity index (χ0n) is 15.5. The number of likely N-dealkylation sites (tertiary alicyclic amines) is 1. The Morgan fingerprint density at radius 3 is 2.88 bits per heavy atom. The standard InChI is InChI=1S/C18H26N6O2/c1-3-23(4-2)18(25)24-11-5-6-14(13-24)7-8-16-21-22-17(26-16)15-12-19-9-10-20-15/h9-10,12,14H,3-8,11,13H2,1-2H3. The van der Waals surface area contributed by atoms with Crippen molar-refractivity contribution in [3.05, 3.63) is 24.5 Å². The van der Waals surface area contributed by atoms with Crippen molar-refractivity contribution in [3.8, 4) is 11.6 Å². The minimum atomic E-state index is 0.155. The Labute approximate surface area is 153 Å². The van der Waals surface area contributed by atoms with Crippen molar-refractivity contribution in [1.29, 1.82) is 0 Å². The summed E-state index contributed by atoms with van der Waals surface area (Å²) in [7, 11) is 0. The van der Waals surface area contributed by atoms with Crippen LogP contribution >= 0.6 is 0 Å². The van der Waals surface area contributed by atoms with E-state index in [1.54, 1.807) is 18.6 Å². The zero-order chi connectivity index (χ0) is 18.4. The van der Waals surface area contributed by atoms with Gasteiger partial charge in [-0.15, -0.1) is 10.2 Å². The molecular weight excluding hydrogens is 332 g/mol. The molecule has 140 valence electrons. The maximum Gasteiger partial charge on any atom is 0.319 e. The molecule has 0 bridgehead atoms. The first-order valence-electron chi connectivity index (χ1n) is 9.33. The second kappa shape index (κ2) is 8.73. The first-order chi connectivity index (χ1) is 12.7. The van der Waals surface area contributed by atoms with Crippen LogP contribution in [0.15, 0.2) is 23.0 Å². The van der Waals surface area contributed by atoms with Crippen molar-refractivity contribution >= 4 is 6.03 Å². The van der Waals surface area contributed by atoms with Crippen LogP contribution in [0.1, 0.15) is 39.0 Å². The van der Waals surface area contributed by atoms with E-state index < -0.39 is 0 Å². The van der Waals surface area contributed by atoms with E-state index in [-0.39, 0.29) is 6.03 Å². The van der Waals surface area contributed by atoms with Gasteiger partial charge in [-0.05, 0) is 39.0 Å². The molecule has 2 amide bonds. The number of carbonyl (C=O) groups excluding carboxylic acids is 1. The van der Waals surface area contributed by atoms with Gasteiger partial charge in [-0.3, -0.25) is 4.98 Å². The monoisotopic (exact) mass is 358 g/mol. The van der Waals surface area contributed by atoms with Gasteiger partial charge in [-0.2, -0.15) is 0 Å². The highest BCUT2D eigenvalue weighted by Gasteiger charge is 2.26. The molecule has 3 heterocycles. The number of rotatable bonds is 6. The molecule has 0 spiro atoms. The Balaban J connectivity index is 1.53. The van der Waals surface area contributed by atoms with Crippen LogP contribution < -0.4 is 0 Å². The van der Waals surface area contributed by atoms with Crippen molar-refractivity contribution < 1.29 is 9.21 Å². The van der Waals surface area contributed by atoms with Crippen LogP contribution in [-0.4, -0.2) is 62.2 Å². The van der Waals surface area contributed by atoms with Gasteiger partial charge in [0.1, 0.15) is 5.69 Å². The number of hydrogen-bond acceptors (Lipinski definition) is 6. The van der Waals surface area contributed by atoms with Gasteiger partial charge in [-0.1, -0.05) is 0 Å². The summed E-state index contributed by atoms with van der Waals surface area (Å²) in [6.45, 7) is 7.21. The van der Waals surface area contributed by atoms with E-state index in [2.05, 4.69) is 20.2 Å². The maximum absolute atomic E-state index is 12.5. The molecule has 1 saturated heterocycles. The summed E-state index contributed by atoms with van der Waals surface area (Å²) in [5, 5.41) is 8.16. The molecule has 0 N–H and O–H groups in total. The normalized spacial score (nSPS) is 17.3. The highest BCUT2D eigenvalue weighted by Crippen LogP contribution is 2.23. The van der Waals surface area contributed by atoms with Gasteiger partial charge in [0, 0.05) is 45.0 Å². The first kappa shape index (κ1) is 18.3. The van der Waals surface area contributed by atoms with Crippen LogP contribution in [0, 0.1) is 5.92 Å². The van der Waals surface area contributed by atoms with Gasteiger partial charge < -0.3 is 14.2 Å². The first-order valence-corrected chi connectivity index (χ1v) is 9.33. The molecule has 0 radical (unpaired) electrons. The van der Waals surface area contributed by atoms with Crippen molar-refractivity contribution in [3.63, 3.8) is 0 Å². The molecule has 8 nitrogen and oxygen atoms in total. The van der Waals surface area contributed by atoms with E-state index in [4.69, 9.17) is 4.42 Å². The summed E-state index contributed by atoms with van der Waals surface area (Å²) < 4.78 is 5.69. The van der Waals surface area contributed by atoms with E-state index in [0.29, 0.717) is 29.8 Å². The SMILES string of the molecule is CCN(CC)C(=O)N1CCCC(CCc2nnc(-c3cnccn3)o2)C1. The number of aryl methyl sites for hydroxylation is 1. The smallest absolute Gasteiger partial charge is 0.319 e. The second-order valence-corrected chi connectivity index (χ2v) is 6.54. The van der Waals surface area contributed by atoms with E-state index in [9.17, 15) is 4.79 Å². The Hall–Kier alpha value is -2.51. The predicted molar refractivity (Wildman–Crippen MR) is 96.3 cm³/mol. The summed E-state index contributed by atoms with van der Waals surface area (Å²) in [5.74, 6) is 1.48. The van der Waals surface area contributed by atoms with Crippen LogP contribution in [0.5, 0.6) is 0 Å². The summed E-state index contributed by atoms with van der Waals surface area (Å²) in [4.78, 5) is 24.6. The fourth-order valence-electron chi connectivity index (χ4n) is 3.36. The van der Waals surface area contributed by atoms with E-state index in [0.717, 1.165) is 45.4 Å². The second-order valence-electron chi connectivity index (χ2n) is 6.54. The molecule has 0 saturated carbocycles. The lowest BCUT2D eigenvalue weighted by Crippen LogP contribution is -2.47. The lowest BCUT2D eigenvalue weighted by atomic mass is 9.93. The Morgan fingerprint density at radius 1 is 1.31 bits per heavy atom. The molecule has 2 aromatic rings. The molecule has 0 aromatic carbocycles. The molecule has 1 fully saturated rings. The minimum Gasteiger partial charge on any atom is -0.419 e. The highest BCUT2D eigenvalue weighted by molar-refractivity contribution is 5.74. The molecule has 3 rings (SSSR count). The lowest BCUT2D eigenvalue weighted by molar-refractivity contribution is 0.129. The average molecular weight is 358 g/mol. The molecular formula is C18H26N6O2. The summed E-state index contributed by atoms with van der Waals surface area (Å²) >= 11 is 0. The Morgan fingerprint density at radius 2 is 2.15 bits per heavy atom. The van der Waals surface area contributed by atoms with Crippen molar-refractivity contribution in [2.24, 2.45) is 5.92 Å². The number of carbonyl (C=O) groups is 1. The summed E-state index contributed by atoms with van der Waals surface area (Å²) in [5.41, 5.74) is 0.583. The summed E-state index contributed by atoms with van der Waals surface area (Å²) in [6.07, 6.45) is 8.64. The van der Waals surface area contributed by atoms with Crippen LogP contribution in [0.3, 0.4) is 0 Å². The number of nitrogens with zero attached hydrogens (tertiary/aromatic N) is 6. The van der Waals surface area contributed by atoms with E-state index >= 15 is 0 Å². The van der Waals surface area contributed by atoms with E-state index in [1.165, 1.54) is 0 Å². The number of hydrogen-bond donors (Lipinski definition) is 0. The van der Waals surface area contributed by atoms with E-state index in [1.807, 2.05) is 23.6 Å². The topological polar surface area (TPSA) is 88.3 Å². The number of amides is 2. The van der Waals surface area contributed by atoms with Gasteiger partial charge in [-0.25, -0.2) is 9.78 Å². The minimum absolute atomic E-state index is 0.155. The average Bonchev–Trinajstić information content (AvgIpc) is 3.17. The molecule has 1 atom stereocenters. The fraction of sp³-hybridized carbons (Fsp3) is 0.611. The maximum atomic E-state index is 12.5. The molecule has 8 heteroatoms. The molecule has 1 aliphatic rings. The number of aromatic nitrogens is 4. The highest BCUT2D eigenvalue weighted by atomic mass is 16.4. The van der Waals surface area contributed by atoms with Gasteiger partial charge in [0.15, 0.2) is 0 Å². The van der Waals surface area contributed by atoms with Gasteiger partial charge >= 0.3 is 6.03 Å². The van der Waals surface area contributed by atoms with Crippen molar-refractivity contribution in [2.75, 3.05) is 26.2 Å². The largest absolute Gasteiger partial charge is 0.419 e. The van der Waals surface area contributed by atoms with Crippen LogP contribution in [0.2, 0.25) is 0 Å². The van der Waals surface area contributed by atoms with Gasteiger partial charge in [0.05, 0.1) is 6.20 Å². The van der Waals surface area contributed by atoms with Crippen molar-refractivity contribution in [2.45, 2.75) is 39.5 Å². The third-order valence-electron chi connectivity index (χ3n) is 4.84. The molecule has 0 aliphatic carbocycles. The van der Waals surface area contributed by atoms with Crippen LogP contribution in [-0.2, 0) is 6.42 Å². The number of urea groups is 1. The molecule has 2 aromatic heterocycles. The quantitative estimate of drug-likeness (QED) is 0.789. The predicted octanol–water partition coefficient (Wildman–Crippen LogP) is 2.63. The molecule has 1 unspecified atom stereocenters. The lowest BCUT2D eigenvalue weighted by Gasteiger charge is -2.35.